The summed E-state index contributed by atoms with van der Waals surface area (Å²) in [7, 11) is 2.99. The number of carbonyl (C=O) groups excluding carboxylic acids is 1. The van der Waals surface area contributed by atoms with Gasteiger partial charge in [-0.15, -0.1) is 9.24 Å². The number of nitrogens with one attached hydrogen (secondary N) is 1. The SMILES string of the molecule is Cc1cc(NCC2(P)CCN(C(=O)OC(C)(C)C)CC2)c(C)cn1. The van der Waals surface area contributed by atoms with Crippen LogP contribution < -0.4 is 5.32 Å². The first-order chi connectivity index (χ1) is 11.1. The molecule has 1 unspecified atom stereocenters. The van der Waals surface area contributed by atoms with Crippen LogP contribution in [0.15, 0.2) is 12.3 Å². The average Bonchev–Trinajstić information content (AvgIpc) is 2.47. The van der Waals surface area contributed by atoms with Crippen molar-refractivity contribution in [2.24, 2.45) is 0 Å². The molecule has 1 amide bonds. The van der Waals surface area contributed by atoms with Gasteiger partial charge in [0.05, 0.1) is 0 Å². The minimum absolute atomic E-state index is 0.0993. The van der Waals surface area contributed by atoms with E-state index in [1.165, 1.54) is 0 Å². The fourth-order valence-electron chi connectivity index (χ4n) is 2.73. The number of piperidine rings is 1. The lowest BCUT2D eigenvalue weighted by Gasteiger charge is -2.39. The number of hydrogen-bond acceptors (Lipinski definition) is 4. The average molecular weight is 351 g/mol. The molecule has 1 aliphatic rings. The van der Waals surface area contributed by atoms with Crippen molar-refractivity contribution in [2.45, 2.75) is 58.2 Å². The highest BCUT2D eigenvalue weighted by atomic mass is 31.0. The Morgan fingerprint density at radius 3 is 2.58 bits per heavy atom. The van der Waals surface area contributed by atoms with Crippen LogP contribution in [-0.4, -0.2) is 46.4 Å². The molecule has 1 saturated heterocycles. The van der Waals surface area contributed by atoms with Gasteiger partial charge in [-0.3, -0.25) is 4.98 Å². The summed E-state index contributed by atoms with van der Waals surface area (Å²) in [4.78, 5) is 18.3. The largest absolute Gasteiger partial charge is 0.444 e. The van der Waals surface area contributed by atoms with Gasteiger partial charge in [0.1, 0.15) is 5.60 Å². The van der Waals surface area contributed by atoms with Gasteiger partial charge in [0.2, 0.25) is 0 Å². The van der Waals surface area contributed by atoms with Gasteiger partial charge >= 0.3 is 6.09 Å². The molecule has 5 nitrogen and oxygen atoms in total. The van der Waals surface area contributed by atoms with E-state index in [-0.39, 0.29) is 11.2 Å². The maximum absolute atomic E-state index is 12.2. The van der Waals surface area contributed by atoms with Crippen LogP contribution in [0, 0.1) is 13.8 Å². The Bertz CT molecular complexity index is 590. The second kappa shape index (κ2) is 7.26. The third-order valence-electron chi connectivity index (χ3n) is 4.28. The van der Waals surface area contributed by atoms with Crippen molar-refractivity contribution in [3.63, 3.8) is 0 Å². The summed E-state index contributed by atoms with van der Waals surface area (Å²) in [6, 6.07) is 2.08. The molecule has 134 valence electrons. The summed E-state index contributed by atoms with van der Waals surface area (Å²) in [6.45, 7) is 12.1. The summed E-state index contributed by atoms with van der Waals surface area (Å²) >= 11 is 0. The predicted octanol–water partition coefficient (Wildman–Crippen LogP) is 3.76. The first kappa shape index (κ1) is 19.0. The zero-order valence-corrected chi connectivity index (χ0v) is 16.6. The monoisotopic (exact) mass is 351 g/mol. The molecule has 1 fully saturated rings. The first-order valence-corrected chi connectivity index (χ1v) is 9.10. The normalized spacial score (nSPS) is 17.5. The van der Waals surface area contributed by atoms with Crippen LogP contribution in [0.25, 0.3) is 0 Å². The number of amides is 1. The second-order valence-electron chi connectivity index (χ2n) is 7.82. The van der Waals surface area contributed by atoms with Crippen LogP contribution in [0.4, 0.5) is 10.5 Å². The maximum atomic E-state index is 12.2. The van der Waals surface area contributed by atoms with Gasteiger partial charge in [-0.1, -0.05) is 0 Å². The molecule has 1 N–H and O–H groups in total. The van der Waals surface area contributed by atoms with Gasteiger partial charge in [0, 0.05) is 42.4 Å². The first-order valence-electron chi connectivity index (χ1n) is 8.52. The Kier molecular flexibility index (Phi) is 5.74. The Hall–Kier alpha value is -1.35. The van der Waals surface area contributed by atoms with E-state index in [1.807, 2.05) is 38.8 Å². The molecule has 0 spiro atoms. The minimum atomic E-state index is -0.440. The van der Waals surface area contributed by atoms with E-state index < -0.39 is 5.60 Å². The standard InChI is InChI=1S/C18H30N3O2P/c1-13-11-19-14(2)10-15(13)20-12-18(24)6-8-21(9-7-18)16(22)23-17(3,4)5/h10-11H,6-9,12,24H2,1-5H3,(H,19,20). The van der Waals surface area contributed by atoms with Crippen molar-refractivity contribution in [2.75, 3.05) is 25.0 Å². The van der Waals surface area contributed by atoms with E-state index in [2.05, 4.69) is 32.5 Å². The molecule has 0 aliphatic carbocycles. The lowest BCUT2D eigenvalue weighted by molar-refractivity contribution is 0.0200. The van der Waals surface area contributed by atoms with Crippen LogP contribution in [-0.2, 0) is 4.74 Å². The Morgan fingerprint density at radius 1 is 1.38 bits per heavy atom. The predicted molar refractivity (Wildman–Crippen MR) is 102 cm³/mol. The molecular formula is C18H30N3O2P. The molecule has 0 saturated carbocycles. The van der Waals surface area contributed by atoms with E-state index >= 15 is 0 Å². The number of hydrogen-bond donors (Lipinski definition) is 1. The highest BCUT2D eigenvalue weighted by molar-refractivity contribution is 7.19. The van der Waals surface area contributed by atoms with Crippen LogP contribution in [0.1, 0.15) is 44.9 Å². The van der Waals surface area contributed by atoms with E-state index in [0.717, 1.165) is 49.4 Å². The van der Waals surface area contributed by atoms with Crippen LogP contribution in [0.3, 0.4) is 0 Å². The molecule has 1 aromatic rings. The number of pyridine rings is 1. The number of ether oxygens (including phenoxy) is 1. The van der Waals surface area contributed by atoms with Gasteiger partial charge in [0.15, 0.2) is 0 Å². The zero-order chi connectivity index (χ0) is 18.0. The van der Waals surface area contributed by atoms with Gasteiger partial charge in [-0.05, 0) is 59.1 Å². The summed E-state index contributed by atoms with van der Waals surface area (Å²) in [5, 5.41) is 3.65. The molecule has 0 radical (unpaired) electrons. The van der Waals surface area contributed by atoms with Gasteiger partial charge in [0.25, 0.3) is 0 Å². The van der Waals surface area contributed by atoms with Crippen molar-refractivity contribution in [1.29, 1.82) is 0 Å². The van der Waals surface area contributed by atoms with Crippen LogP contribution in [0.5, 0.6) is 0 Å². The Morgan fingerprint density at radius 2 is 2.00 bits per heavy atom. The summed E-state index contributed by atoms with van der Waals surface area (Å²) in [6.07, 6.45) is 3.57. The van der Waals surface area contributed by atoms with Crippen LogP contribution >= 0.6 is 9.24 Å². The van der Waals surface area contributed by atoms with E-state index in [0.29, 0.717) is 0 Å². The number of rotatable bonds is 3. The number of anilines is 1. The molecule has 1 aromatic heterocycles. The summed E-state index contributed by atoms with van der Waals surface area (Å²) in [5.74, 6) is 0. The lowest BCUT2D eigenvalue weighted by Crippen LogP contribution is -2.48. The second-order valence-corrected chi connectivity index (χ2v) is 9.05. The smallest absolute Gasteiger partial charge is 0.410 e. The van der Waals surface area contributed by atoms with E-state index in [4.69, 9.17) is 4.74 Å². The number of likely N-dealkylation sites (tertiary alicyclic amines) is 1. The van der Waals surface area contributed by atoms with Crippen molar-refractivity contribution in [3.8, 4) is 0 Å². The molecule has 1 aliphatic heterocycles. The van der Waals surface area contributed by atoms with Crippen molar-refractivity contribution in [1.82, 2.24) is 9.88 Å². The molecule has 1 atom stereocenters. The van der Waals surface area contributed by atoms with Crippen molar-refractivity contribution in [3.05, 3.63) is 23.5 Å². The van der Waals surface area contributed by atoms with Gasteiger partial charge in [-0.25, -0.2) is 4.79 Å². The topological polar surface area (TPSA) is 54.5 Å². The fourth-order valence-corrected chi connectivity index (χ4v) is 3.09. The molecule has 24 heavy (non-hydrogen) atoms. The molecule has 2 heterocycles. The Balaban J connectivity index is 1.88. The zero-order valence-electron chi connectivity index (χ0n) is 15.5. The third kappa shape index (κ3) is 5.34. The quantitative estimate of drug-likeness (QED) is 0.843. The Labute approximate surface area is 147 Å². The molecule has 0 bridgehead atoms. The van der Waals surface area contributed by atoms with Gasteiger partial charge < -0.3 is 15.0 Å². The highest BCUT2D eigenvalue weighted by Gasteiger charge is 2.33. The minimum Gasteiger partial charge on any atom is -0.444 e. The molecular weight excluding hydrogens is 321 g/mol. The maximum Gasteiger partial charge on any atom is 0.410 e. The third-order valence-corrected chi connectivity index (χ3v) is 5.06. The van der Waals surface area contributed by atoms with Crippen LogP contribution in [0.2, 0.25) is 0 Å². The number of carbonyl (C=O) groups is 1. The molecule has 2 rings (SSSR count). The van der Waals surface area contributed by atoms with Crippen molar-refractivity contribution < 1.29 is 9.53 Å². The van der Waals surface area contributed by atoms with E-state index in [1.54, 1.807) is 0 Å². The molecule has 0 aromatic carbocycles. The highest BCUT2D eigenvalue weighted by Crippen LogP contribution is 2.33. The number of aromatic nitrogens is 1. The fraction of sp³-hybridized carbons (Fsp3) is 0.667. The van der Waals surface area contributed by atoms with Crippen molar-refractivity contribution >= 4 is 21.0 Å². The lowest BCUT2D eigenvalue weighted by atomic mass is 9.95. The summed E-state index contributed by atoms with van der Waals surface area (Å²) in [5.41, 5.74) is 2.87. The van der Waals surface area contributed by atoms with Gasteiger partial charge in [-0.2, -0.15) is 0 Å². The number of aryl methyl sites for hydroxylation is 2. The summed E-state index contributed by atoms with van der Waals surface area (Å²) < 4.78 is 5.46. The van der Waals surface area contributed by atoms with E-state index in [9.17, 15) is 4.79 Å². The molecule has 6 heteroatoms. The number of nitrogens with zero attached hydrogens (tertiary/aromatic N) is 2.